The molecule has 0 radical (unpaired) electrons. The van der Waals surface area contributed by atoms with Crippen molar-refractivity contribution in [3.63, 3.8) is 0 Å². The highest BCUT2D eigenvalue weighted by atomic mass is 16.1. The Kier molecular flexibility index (Phi) is 3.98. The molecule has 0 unspecified atom stereocenters. The lowest BCUT2D eigenvalue weighted by Gasteiger charge is -2.08. The van der Waals surface area contributed by atoms with E-state index in [4.69, 9.17) is 5.73 Å². The summed E-state index contributed by atoms with van der Waals surface area (Å²) in [6.07, 6.45) is 0.672. The standard InChI is InChI=1S/C11H14N6O/c12-6-5-8-3-1-2-4-9(8)11(18)13-7-10-14-16-17-15-10/h1-4H,5-7,12H2,(H,13,18)(H,14,15,16,17). The molecule has 1 heterocycles. The number of aromatic nitrogens is 4. The summed E-state index contributed by atoms with van der Waals surface area (Å²) < 4.78 is 0. The van der Waals surface area contributed by atoms with Gasteiger partial charge in [-0.3, -0.25) is 4.79 Å². The van der Waals surface area contributed by atoms with Gasteiger partial charge in [0.05, 0.1) is 6.54 Å². The lowest BCUT2D eigenvalue weighted by atomic mass is 10.0. The van der Waals surface area contributed by atoms with Crippen LogP contribution in [0, 0.1) is 0 Å². The minimum absolute atomic E-state index is 0.163. The molecule has 0 saturated heterocycles. The van der Waals surface area contributed by atoms with Crippen molar-refractivity contribution in [3.8, 4) is 0 Å². The van der Waals surface area contributed by atoms with Crippen LogP contribution in [0.1, 0.15) is 21.7 Å². The molecule has 94 valence electrons. The SMILES string of the molecule is NCCc1ccccc1C(=O)NCc1nn[nH]n1. The third-order valence-corrected chi connectivity index (χ3v) is 2.47. The van der Waals surface area contributed by atoms with E-state index in [-0.39, 0.29) is 12.5 Å². The van der Waals surface area contributed by atoms with Crippen LogP contribution in [0.2, 0.25) is 0 Å². The van der Waals surface area contributed by atoms with Crippen molar-refractivity contribution >= 4 is 5.91 Å². The van der Waals surface area contributed by atoms with Gasteiger partial charge < -0.3 is 11.1 Å². The average molecular weight is 246 g/mol. The van der Waals surface area contributed by atoms with Gasteiger partial charge in [0.1, 0.15) is 0 Å². The molecule has 7 heteroatoms. The van der Waals surface area contributed by atoms with Crippen molar-refractivity contribution < 1.29 is 4.79 Å². The van der Waals surface area contributed by atoms with Crippen molar-refractivity contribution in [2.75, 3.05) is 6.54 Å². The van der Waals surface area contributed by atoms with E-state index >= 15 is 0 Å². The van der Waals surface area contributed by atoms with Gasteiger partial charge in [-0.25, -0.2) is 0 Å². The maximum Gasteiger partial charge on any atom is 0.251 e. The Balaban J connectivity index is 2.04. The predicted molar refractivity (Wildman–Crippen MR) is 64.5 cm³/mol. The first-order chi connectivity index (χ1) is 8.81. The van der Waals surface area contributed by atoms with Crippen LogP contribution in [0.15, 0.2) is 24.3 Å². The number of rotatable bonds is 5. The Hall–Kier alpha value is -2.28. The van der Waals surface area contributed by atoms with E-state index in [1.165, 1.54) is 0 Å². The number of tetrazole rings is 1. The first-order valence-corrected chi connectivity index (χ1v) is 5.59. The Morgan fingerprint density at radius 2 is 2.22 bits per heavy atom. The molecular weight excluding hydrogens is 232 g/mol. The number of hydrogen-bond acceptors (Lipinski definition) is 5. The summed E-state index contributed by atoms with van der Waals surface area (Å²) in [5.41, 5.74) is 7.08. The molecule has 0 aliphatic carbocycles. The lowest BCUT2D eigenvalue weighted by Crippen LogP contribution is -2.25. The summed E-state index contributed by atoms with van der Waals surface area (Å²) in [6.45, 7) is 0.751. The topological polar surface area (TPSA) is 110 Å². The Morgan fingerprint density at radius 1 is 1.39 bits per heavy atom. The fourth-order valence-corrected chi connectivity index (χ4v) is 1.63. The van der Waals surface area contributed by atoms with Crippen LogP contribution in [-0.2, 0) is 13.0 Å². The van der Waals surface area contributed by atoms with Gasteiger partial charge >= 0.3 is 0 Å². The molecule has 0 spiro atoms. The first kappa shape index (κ1) is 12.2. The Bertz CT molecular complexity index is 510. The molecule has 0 saturated carbocycles. The van der Waals surface area contributed by atoms with Crippen molar-refractivity contribution in [1.29, 1.82) is 0 Å². The van der Waals surface area contributed by atoms with Crippen molar-refractivity contribution in [3.05, 3.63) is 41.2 Å². The van der Waals surface area contributed by atoms with E-state index in [1.54, 1.807) is 6.07 Å². The van der Waals surface area contributed by atoms with Crippen LogP contribution in [-0.4, -0.2) is 33.1 Å². The molecule has 4 N–H and O–H groups in total. The molecule has 1 aromatic carbocycles. The average Bonchev–Trinajstić information content (AvgIpc) is 2.90. The van der Waals surface area contributed by atoms with E-state index < -0.39 is 0 Å². The first-order valence-electron chi connectivity index (χ1n) is 5.59. The third kappa shape index (κ3) is 2.89. The summed E-state index contributed by atoms with van der Waals surface area (Å²) in [5, 5.41) is 16.0. The van der Waals surface area contributed by atoms with E-state index in [1.807, 2.05) is 18.2 Å². The number of aromatic amines is 1. The molecule has 2 aromatic rings. The summed E-state index contributed by atoms with van der Waals surface area (Å²) in [5.74, 6) is 0.281. The molecule has 0 fully saturated rings. The van der Waals surface area contributed by atoms with Gasteiger partial charge in [-0.2, -0.15) is 5.21 Å². The molecule has 7 nitrogen and oxygen atoms in total. The molecule has 0 aliphatic rings. The zero-order valence-corrected chi connectivity index (χ0v) is 9.76. The second-order valence-electron chi connectivity index (χ2n) is 3.71. The molecule has 2 rings (SSSR count). The van der Waals surface area contributed by atoms with Gasteiger partial charge in [0, 0.05) is 5.56 Å². The molecular formula is C11H14N6O. The third-order valence-electron chi connectivity index (χ3n) is 2.47. The van der Waals surface area contributed by atoms with Crippen LogP contribution in [0.5, 0.6) is 0 Å². The number of nitrogens with two attached hydrogens (primary N) is 1. The minimum Gasteiger partial charge on any atom is -0.345 e. The van der Waals surface area contributed by atoms with Gasteiger partial charge in [-0.15, -0.1) is 10.2 Å². The van der Waals surface area contributed by atoms with E-state index in [0.717, 1.165) is 5.56 Å². The maximum atomic E-state index is 12.0. The summed E-state index contributed by atoms with van der Waals surface area (Å²) >= 11 is 0. The highest BCUT2D eigenvalue weighted by Gasteiger charge is 2.10. The van der Waals surface area contributed by atoms with E-state index in [0.29, 0.717) is 24.4 Å². The molecule has 0 bridgehead atoms. The number of amides is 1. The number of carbonyl (C=O) groups is 1. The minimum atomic E-state index is -0.163. The highest BCUT2D eigenvalue weighted by Crippen LogP contribution is 2.09. The van der Waals surface area contributed by atoms with E-state index in [9.17, 15) is 4.79 Å². The van der Waals surface area contributed by atoms with E-state index in [2.05, 4.69) is 25.9 Å². The van der Waals surface area contributed by atoms with Crippen LogP contribution in [0.4, 0.5) is 0 Å². The molecule has 0 atom stereocenters. The molecule has 1 aromatic heterocycles. The second-order valence-corrected chi connectivity index (χ2v) is 3.71. The number of hydrogen-bond donors (Lipinski definition) is 3. The summed E-state index contributed by atoms with van der Waals surface area (Å²) in [6, 6.07) is 7.39. The fraction of sp³-hybridized carbons (Fsp3) is 0.273. The van der Waals surface area contributed by atoms with Gasteiger partial charge in [0.15, 0.2) is 5.82 Å². The summed E-state index contributed by atoms with van der Waals surface area (Å²) in [4.78, 5) is 12.0. The smallest absolute Gasteiger partial charge is 0.251 e. The summed E-state index contributed by atoms with van der Waals surface area (Å²) in [7, 11) is 0. The number of H-pyrrole nitrogens is 1. The Morgan fingerprint density at radius 3 is 2.94 bits per heavy atom. The van der Waals surface area contributed by atoms with Gasteiger partial charge in [0.25, 0.3) is 5.91 Å². The zero-order valence-electron chi connectivity index (χ0n) is 9.76. The number of nitrogens with one attached hydrogen (secondary N) is 2. The normalized spacial score (nSPS) is 10.3. The van der Waals surface area contributed by atoms with Crippen molar-refractivity contribution in [1.82, 2.24) is 25.9 Å². The maximum absolute atomic E-state index is 12.0. The van der Waals surface area contributed by atoms with Crippen LogP contribution >= 0.6 is 0 Å². The van der Waals surface area contributed by atoms with Crippen LogP contribution < -0.4 is 11.1 Å². The molecule has 1 amide bonds. The second kappa shape index (κ2) is 5.87. The van der Waals surface area contributed by atoms with Gasteiger partial charge in [-0.1, -0.05) is 23.4 Å². The van der Waals surface area contributed by atoms with Crippen LogP contribution in [0.25, 0.3) is 0 Å². The molecule has 18 heavy (non-hydrogen) atoms. The largest absolute Gasteiger partial charge is 0.345 e. The predicted octanol–water partition coefficient (Wildman–Crippen LogP) is -0.369. The number of carbonyl (C=O) groups excluding carboxylic acids is 1. The number of benzene rings is 1. The monoisotopic (exact) mass is 246 g/mol. The van der Waals surface area contributed by atoms with Gasteiger partial charge in [0.2, 0.25) is 0 Å². The van der Waals surface area contributed by atoms with Gasteiger partial charge in [-0.05, 0) is 24.6 Å². The highest BCUT2D eigenvalue weighted by molar-refractivity contribution is 5.95. The Labute approximate surface area is 104 Å². The molecule has 0 aliphatic heterocycles. The zero-order chi connectivity index (χ0) is 12.8. The quantitative estimate of drug-likeness (QED) is 0.667. The van der Waals surface area contributed by atoms with Crippen LogP contribution in [0.3, 0.4) is 0 Å². The van der Waals surface area contributed by atoms with Crippen molar-refractivity contribution in [2.45, 2.75) is 13.0 Å². The lowest BCUT2D eigenvalue weighted by molar-refractivity contribution is 0.0949. The fourth-order valence-electron chi connectivity index (χ4n) is 1.63. The van der Waals surface area contributed by atoms with Crippen molar-refractivity contribution in [2.24, 2.45) is 5.73 Å². The number of nitrogens with zero attached hydrogens (tertiary/aromatic N) is 3.